The topological polar surface area (TPSA) is 79.5 Å². The molecule has 0 aliphatic heterocycles. The van der Waals surface area contributed by atoms with Gasteiger partial charge in [-0.2, -0.15) is 0 Å². The number of carbonyl (C=O) groups is 3. The Bertz CT molecular complexity index is 819. The first-order chi connectivity index (χ1) is 11.8. The molecule has 1 N–H and O–H groups in total. The molecule has 0 aliphatic rings. The molecule has 6 nitrogen and oxygen atoms in total. The van der Waals surface area contributed by atoms with Crippen LogP contribution in [-0.4, -0.2) is 48.2 Å². The van der Waals surface area contributed by atoms with Gasteiger partial charge in [0.15, 0.2) is 5.78 Å². The lowest BCUT2D eigenvalue weighted by Gasteiger charge is -2.17. The number of ether oxygens (including phenoxy) is 1. The normalized spacial score (nSPS) is 10.4. The number of hydrogen-bond acceptors (Lipinski definition) is 4. The van der Waals surface area contributed by atoms with Crippen LogP contribution in [0.2, 0.25) is 0 Å². The molecule has 0 radical (unpaired) electrons. The summed E-state index contributed by atoms with van der Waals surface area (Å²) in [6.07, 6.45) is 0. The number of Topliss-reactive ketones (excluding diaryl/α,β-unsaturated/α-hetero) is 1. The number of hydrogen-bond donors (Lipinski definition) is 1. The summed E-state index contributed by atoms with van der Waals surface area (Å²) in [5.74, 6) is -0.986. The van der Waals surface area contributed by atoms with Crippen molar-refractivity contribution in [1.29, 1.82) is 0 Å². The zero-order valence-corrected chi connectivity index (χ0v) is 15.1. The van der Waals surface area contributed by atoms with Gasteiger partial charge >= 0.3 is 5.97 Å². The van der Waals surface area contributed by atoms with E-state index >= 15 is 0 Å². The van der Waals surface area contributed by atoms with Gasteiger partial charge in [-0.15, -0.1) is 0 Å². The number of aromatic amines is 1. The first kappa shape index (κ1) is 18.4. The van der Waals surface area contributed by atoms with Crippen molar-refractivity contribution in [2.45, 2.75) is 20.8 Å². The maximum atomic E-state index is 12.6. The van der Waals surface area contributed by atoms with Gasteiger partial charge in [-0.25, -0.2) is 4.79 Å². The SMILES string of the molecule is COC(=O)c1[nH]c(C)c(C(=O)CN(C)C(=O)c2ccc(C)cc2)c1C. The second-order valence-electron chi connectivity index (χ2n) is 6.07. The van der Waals surface area contributed by atoms with Crippen molar-refractivity contribution in [3.8, 4) is 0 Å². The van der Waals surface area contributed by atoms with Crippen molar-refractivity contribution in [2.75, 3.05) is 20.7 Å². The lowest BCUT2D eigenvalue weighted by atomic mass is 10.0. The monoisotopic (exact) mass is 342 g/mol. The highest BCUT2D eigenvalue weighted by molar-refractivity contribution is 6.05. The summed E-state index contributed by atoms with van der Waals surface area (Å²) in [4.78, 5) is 41.1. The summed E-state index contributed by atoms with van der Waals surface area (Å²) < 4.78 is 4.71. The van der Waals surface area contributed by atoms with Crippen LogP contribution in [0.25, 0.3) is 0 Å². The van der Waals surface area contributed by atoms with Crippen LogP contribution in [0.4, 0.5) is 0 Å². The molecule has 6 heteroatoms. The number of nitrogens with zero attached hydrogens (tertiary/aromatic N) is 1. The number of methoxy groups -OCH3 is 1. The second-order valence-corrected chi connectivity index (χ2v) is 6.07. The number of aromatic nitrogens is 1. The fraction of sp³-hybridized carbons (Fsp3) is 0.316. The van der Waals surface area contributed by atoms with Gasteiger partial charge < -0.3 is 14.6 Å². The first-order valence-electron chi connectivity index (χ1n) is 7.89. The summed E-state index contributed by atoms with van der Waals surface area (Å²) >= 11 is 0. The van der Waals surface area contributed by atoms with Crippen molar-refractivity contribution in [1.82, 2.24) is 9.88 Å². The molecule has 0 atom stereocenters. The number of likely N-dealkylation sites (N-methyl/N-ethyl adjacent to an activating group) is 1. The van der Waals surface area contributed by atoms with Gasteiger partial charge in [0, 0.05) is 23.9 Å². The summed E-state index contributed by atoms with van der Waals surface area (Å²) in [6, 6.07) is 7.18. The number of aryl methyl sites for hydroxylation is 2. The number of H-pyrrole nitrogens is 1. The lowest BCUT2D eigenvalue weighted by Crippen LogP contribution is -2.32. The van der Waals surface area contributed by atoms with Gasteiger partial charge in [0.25, 0.3) is 5.91 Å². The second kappa shape index (κ2) is 7.34. The Morgan fingerprint density at radius 1 is 1.08 bits per heavy atom. The molecule has 0 unspecified atom stereocenters. The van der Waals surface area contributed by atoms with Crippen LogP contribution < -0.4 is 0 Å². The third-order valence-corrected chi connectivity index (χ3v) is 4.13. The van der Waals surface area contributed by atoms with Gasteiger partial charge in [0.05, 0.1) is 13.7 Å². The fourth-order valence-electron chi connectivity index (χ4n) is 2.76. The standard InChI is InChI=1S/C19H22N2O4/c1-11-6-8-14(9-7-11)18(23)21(4)10-15(22)16-12(2)17(19(24)25-5)20-13(16)3/h6-9,20H,10H2,1-5H3. The molecule has 0 saturated carbocycles. The molecule has 1 aromatic heterocycles. The van der Waals surface area contributed by atoms with Crippen molar-refractivity contribution in [3.63, 3.8) is 0 Å². The highest BCUT2D eigenvalue weighted by atomic mass is 16.5. The predicted octanol–water partition coefficient (Wildman–Crippen LogP) is 2.68. The zero-order chi connectivity index (χ0) is 18.7. The van der Waals surface area contributed by atoms with Crippen molar-refractivity contribution in [2.24, 2.45) is 0 Å². The Morgan fingerprint density at radius 2 is 1.68 bits per heavy atom. The molecule has 1 aromatic carbocycles. The molecule has 0 saturated heterocycles. The Morgan fingerprint density at radius 3 is 2.24 bits per heavy atom. The molecule has 2 aromatic rings. The summed E-state index contributed by atoms with van der Waals surface area (Å²) in [6.45, 7) is 5.27. The molecule has 1 amide bonds. The van der Waals surface area contributed by atoms with Crippen molar-refractivity contribution < 1.29 is 19.1 Å². The molecule has 0 fully saturated rings. The highest BCUT2D eigenvalue weighted by Crippen LogP contribution is 2.20. The van der Waals surface area contributed by atoms with Crippen LogP contribution in [0.5, 0.6) is 0 Å². The Kier molecular flexibility index (Phi) is 5.41. The number of amides is 1. The van der Waals surface area contributed by atoms with E-state index < -0.39 is 5.97 Å². The summed E-state index contributed by atoms with van der Waals surface area (Å²) in [7, 11) is 2.87. The van der Waals surface area contributed by atoms with E-state index in [1.165, 1.54) is 12.0 Å². The van der Waals surface area contributed by atoms with Crippen LogP contribution in [0.1, 0.15) is 48.0 Å². The zero-order valence-electron chi connectivity index (χ0n) is 15.1. The van der Waals surface area contributed by atoms with E-state index in [0.29, 0.717) is 22.4 Å². The van der Waals surface area contributed by atoms with Crippen LogP contribution in [-0.2, 0) is 4.74 Å². The summed E-state index contributed by atoms with van der Waals surface area (Å²) in [5.41, 5.74) is 3.38. The van der Waals surface area contributed by atoms with E-state index in [4.69, 9.17) is 4.74 Å². The third kappa shape index (κ3) is 3.79. The first-order valence-corrected chi connectivity index (χ1v) is 7.89. The van der Waals surface area contributed by atoms with Crippen LogP contribution >= 0.6 is 0 Å². The average Bonchev–Trinajstić information content (AvgIpc) is 2.88. The number of esters is 1. The van der Waals surface area contributed by atoms with Crippen LogP contribution in [0.3, 0.4) is 0 Å². The molecule has 0 bridgehead atoms. The minimum atomic E-state index is -0.524. The van der Waals surface area contributed by atoms with Crippen molar-refractivity contribution in [3.05, 3.63) is 57.9 Å². The van der Waals surface area contributed by atoms with E-state index in [0.717, 1.165) is 5.56 Å². The smallest absolute Gasteiger partial charge is 0.354 e. The molecule has 1 heterocycles. The highest BCUT2D eigenvalue weighted by Gasteiger charge is 2.24. The molecule has 132 valence electrons. The third-order valence-electron chi connectivity index (χ3n) is 4.13. The fourth-order valence-corrected chi connectivity index (χ4v) is 2.76. The van der Waals surface area contributed by atoms with E-state index in [-0.39, 0.29) is 23.9 Å². The van der Waals surface area contributed by atoms with Crippen LogP contribution in [0.15, 0.2) is 24.3 Å². The average molecular weight is 342 g/mol. The number of benzene rings is 1. The number of rotatable bonds is 5. The van der Waals surface area contributed by atoms with Gasteiger partial charge in [0.1, 0.15) is 5.69 Å². The Hall–Kier alpha value is -2.89. The Balaban J connectivity index is 2.19. The van der Waals surface area contributed by atoms with Crippen LogP contribution in [0, 0.1) is 20.8 Å². The predicted molar refractivity (Wildman–Crippen MR) is 94.1 cm³/mol. The number of nitrogens with one attached hydrogen (secondary N) is 1. The van der Waals surface area contributed by atoms with E-state index in [2.05, 4.69) is 4.98 Å². The Labute approximate surface area is 146 Å². The van der Waals surface area contributed by atoms with Gasteiger partial charge in [-0.1, -0.05) is 17.7 Å². The van der Waals surface area contributed by atoms with Crippen molar-refractivity contribution >= 4 is 17.7 Å². The molecule has 0 spiro atoms. The van der Waals surface area contributed by atoms with E-state index in [1.54, 1.807) is 33.0 Å². The van der Waals surface area contributed by atoms with E-state index in [1.807, 2.05) is 19.1 Å². The largest absolute Gasteiger partial charge is 0.464 e. The molecule has 0 aliphatic carbocycles. The number of carbonyl (C=O) groups excluding carboxylic acids is 3. The quantitative estimate of drug-likeness (QED) is 0.669. The van der Waals surface area contributed by atoms with Gasteiger partial charge in [0.2, 0.25) is 0 Å². The van der Waals surface area contributed by atoms with E-state index in [9.17, 15) is 14.4 Å². The lowest BCUT2D eigenvalue weighted by molar-refractivity contribution is 0.0593. The maximum Gasteiger partial charge on any atom is 0.354 e. The number of ketones is 1. The molecular weight excluding hydrogens is 320 g/mol. The minimum absolute atomic E-state index is 0.0765. The molecular formula is C19H22N2O4. The van der Waals surface area contributed by atoms with Gasteiger partial charge in [-0.05, 0) is 38.5 Å². The summed E-state index contributed by atoms with van der Waals surface area (Å²) in [5, 5.41) is 0. The molecule has 25 heavy (non-hydrogen) atoms. The van der Waals surface area contributed by atoms with Gasteiger partial charge in [-0.3, -0.25) is 9.59 Å². The minimum Gasteiger partial charge on any atom is -0.464 e. The maximum absolute atomic E-state index is 12.6. The molecule has 2 rings (SSSR count).